The Kier molecular flexibility index (Phi) is 5.51. The number of nitrogens with zero attached hydrogens (tertiary/aromatic N) is 2. The smallest absolute Gasteiger partial charge is 0.327 e. The molecule has 1 N–H and O–H groups in total. The molecule has 0 aromatic rings. The molecule has 0 aromatic heterocycles. The van der Waals surface area contributed by atoms with Gasteiger partial charge in [-0.2, -0.15) is 0 Å². The number of carboxylic acids is 1. The van der Waals surface area contributed by atoms with Crippen LogP contribution in [-0.4, -0.2) is 64.1 Å². The van der Waals surface area contributed by atoms with Crippen LogP contribution < -0.4 is 0 Å². The number of carboxylic acid groups (broad SMARTS) is 1. The van der Waals surface area contributed by atoms with Crippen LogP contribution in [0.15, 0.2) is 0 Å². The van der Waals surface area contributed by atoms with Crippen LogP contribution in [0.5, 0.6) is 0 Å². The summed E-state index contributed by atoms with van der Waals surface area (Å²) in [6.07, 6.45) is 5.45. The Balaban J connectivity index is 1.78. The highest BCUT2D eigenvalue weighted by Gasteiger charge is 2.34. The second-order valence-electron chi connectivity index (χ2n) is 5.22. The van der Waals surface area contributed by atoms with Crippen LogP contribution in [0.25, 0.3) is 0 Å². The number of amides is 1. The first-order valence-corrected chi connectivity index (χ1v) is 8.16. The summed E-state index contributed by atoms with van der Waals surface area (Å²) in [5.74, 6) is 0.149. The molecule has 5 nitrogen and oxygen atoms in total. The van der Waals surface area contributed by atoms with Crippen LogP contribution in [0, 0.1) is 0 Å². The van der Waals surface area contributed by atoms with Crippen molar-refractivity contribution in [2.75, 3.05) is 31.3 Å². The van der Waals surface area contributed by atoms with Gasteiger partial charge in [0.05, 0.1) is 5.88 Å². The van der Waals surface area contributed by atoms with Crippen LogP contribution >= 0.6 is 11.8 Å². The Hall–Kier alpha value is -0.750. The summed E-state index contributed by atoms with van der Waals surface area (Å²) in [5, 5.41) is 9.07. The van der Waals surface area contributed by atoms with E-state index in [2.05, 4.69) is 4.90 Å². The lowest BCUT2D eigenvalue weighted by Crippen LogP contribution is -2.43. The van der Waals surface area contributed by atoms with Gasteiger partial charge < -0.3 is 14.9 Å². The van der Waals surface area contributed by atoms with E-state index < -0.39 is 12.0 Å². The van der Waals surface area contributed by atoms with Gasteiger partial charge in [0.2, 0.25) is 5.91 Å². The molecule has 19 heavy (non-hydrogen) atoms. The van der Waals surface area contributed by atoms with E-state index in [-0.39, 0.29) is 5.91 Å². The Morgan fingerprint density at radius 3 is 2.47 bits per heavy atom. The highest BCUT2D eigenvalue weighted by molar-refractivity contribution is 7.99. The van der Waals surface area contributed by atoms with E-state index in [9.17, 15) is 9.59 Å². The normalized spacial score (nSPS) is 25.3. The highest BCUT2D eigenvalue weighted by atomic mass is 32.2. The molecule has 0 aliphatic carbocycles. The maximum Gasteiger partial charge on any atom is 0.327 e. The van der Waals surface area contributed by atoms with Crippen molar-refractivity contribution in [1.82, 2.24) is 9.80 Å². The van der Waals surface area contributed by atoms with Gasteiger partial charge in [0.15, 0.2) is 0 Å². The van der Waals surface area contributed by atoms with Crippen molar-refractivity contribution in [3.8, 4) is 0 Å². The van der Waals surface area contributed by atoms with E-state index in [0.717, 1.165) is 19.6 Å². The summed E-state index contributed by atoms with van der Waals surface area (Å²) in [6.45, 7) is 2.92. The maximum absolute atomic E-state index is 12.1. The number of likely N-dealkylation sites (tertiary alicyclic amines) is 1. The first kappa shape index (κ1) is 14.7. The second-order valence-corrected chi connectivity index (χ2v) is 6.22. The van der Waals surface area contributed by atoms with Crippen molar-refractivity contribution in [2.45, 2.75) is 38.1 Å². The van der Waals surface area contributed by atoms with Gasteiger partial charge in [-0.15, -0.1) is 11.8 Å². The van der Waals surface area contributed by atoms with E-state index in [1.54, 1.807) is 0 Å². The fraction of sp³-hybridized carbons (Fsp3) is 0.846. The van der Waals surface area contributed by atoms with Gasteiger partial charge in [0, 0.05) is 18.7 Å². The van der Waals surface area contributed by atoms with Gasteiger partial charge >= 0.3 is 5.97 Å². The van der Waals surface area contributed by atoms with E-state index >= 15 is 0 Å². The summed E-state index contributed by atoms with van der Waals surface area (Å²) in [7, 11) is 0. The monoisotopic (exact) mass is 286 g/mol. The molecular formula is C13H22N2O3S. The minimum absolute atomic E-state index is 0.0124. The lowest BCUT2D eigenvalue weighted by molar-refractivity contribution is -0.147. The van der Waals surface area contributed by atoms with Crippen molar-refractivity contribution >= 4 is 23.6 Å². The van der Waals surface area contributed by atoms with Crippen molar-refractivity contribution in [1.29, 1.82) is 0 Å². The minimum Gasteiger partial charge on any atom is -0.480 e. The Labute approximate surface area is 118 Å². The fourth-order valence-electron chi connectivity index (χ4n) is 2.65. The fourth-order valence-corrected chi connectivity index (χ4v) is 3.82. The SMILES string of the molecule is O=C(O)[C@@H]1CSCN1C(=O)CCN1CCCCCC1. The van der Waals surface area contributed by atoms with Gasteiger partial charge in [-0.1, -0.05) is 12.8 Å². The number of thioether (sulfide) groups is 1. The number of carbonyl (C=O) groups is 2. The Morgan fingerprint density at radius 1 is 1.16 bits per heavy atom. The first-order chi connectivity index (χ1) is 9.18. The quantitative estimate of drug-likeness (QED) is 0.842. The molecule has 108 valence electrons. The molecule has 2 heterocycles. The second kappa shape index (κ2) is 7.14. The summed E-state index contributed by atoms with van der Waals surface area (Å²) >= 11 is 1.52. The Morgan fingerprint density at radius 2 is 1.84 bits per heavy atom. The van der Waals surface area contributed by atoms with Crippen LogP contribution in [0.2, 0.25) is 0 Å². The summed E-state index contributed by atoms with van der Waals surface area (Å²) in [5.41, 5.74) is 0. The van der Waals surface area contributed by atoms with Crippen LogP contribution in [0.1, 0.15) is 32.1 Å². The topological polar surface area (TPSA) is 60.9 Å². The first-order valence-electron chi connectivity index (χ1n) is 7.01. The molecule has 2 saturated heterocycles. The van der Waals surface area contributed by atoms with E-state index in [4.69, 9.17) is 5.11 Å². The predicted octanol–water partition coefficient (Wildman–Crippen LogP) is 1.24. The molecule has 0 unspecified atom stereocenters. The zero-order valence-corrected chi connectivity index (χ0v) is 12.0. The summed E-state index contributed by atoms with van der Waals surface area (Å²) in [6, 6.07) is -0.623. The molecule has 2 aliphatic heterocycles. The molecule has 2 aliphatic rings. The lowest BCUT2D eigenvalue weighted by atomic mass is 10.2. The Bertz CT molecular complexity index is 330. The molecule has 2 fully saturated rings. The zero-order valence-electron chi connectivity index (χ0n) is 11.2. The van der Waals surface area contributed by atoms with E-state index in [0.29, 0.717) is 18.1 Å². The molecule has 6 heteroatoms. The van der Waals surface area contributed by atoms with E-state index in [1.807, 2.05) is 0 Å². The highest BCUT2D eigenvalue weighted by Crippen LogP contribution is 2.22. The number of aliphatic carboxylic acids is 1. The third-order valence-electron chi connectivity index (χ3n) is 3.83. The number of carbonyl (C=O) groups excluding carboxylic acids is 1. The zero-order chi connectivity index (χ0) is 13.7. The van der Waals surface area contributed by atoms with Gasteiger partial charge in [-0.3, -0.25) is 4.79 Å². The predicted molar refractivity (Wildman–Crippen MR) is 75.1 cm³/mol. The summed E-state index contributed by atoms with van der Waals surface area (Å²) in [4.78, 5) is 27.0. The van der Waals surface area contributed by atoms with Gasteiger partial charge in [-0.05, 0) is 25.9 Å². The van der Waals surface area contributed by atoms with Crippen molar-refractivity contribution in [2.24, 2.45) is 0 Å². The molecule has 1 atom stereocenters. The molecule has 0 saturated carbocycles. The van der Waals surface area contributed by atoms with E-state index in [1.165, 1.54) is 42.3 Å². The molecule has 0 bridgehead atoms. The molecule has 0 radical (unpaired) electrons. The number of hydrogen-bond donors (Lipinski definition) is 1. The molecular weight excluding hydrogens is 264 g/mol. The van der Waals surface area contributed by atoms with Crippen molar-refractivity contribution in [3.63, 3.8) is 0 Å². The third kappa shape index (κ3) is 4.11. The third-order valence-corrected chi connectivity index (χ3v) is 4.84. The van der Waals surface area contributed by atoms with Crippen molar-refractivity contribution < 1.29 is 14.7 Å². The van der Waals surface area contributed by atoms with Gasteiger partial charge in [0.1, 0.15) is 6.04 Å². The molecule has 1 amide bonds. The molecule has 0 spiro atoms. The average molecular weight is 286 g/mol. The average Bonchev–Trinajstić information content (AvgIpc) is 2.74. The lowest BCUT2D eigenvalue weighted by Gasteiger charge is -2.23. The molecule has 0 aromatic carbocycles. The largest absolute Gasteiger partial charge is 0.480 e. The minimum atomic E-state index is -0.881. The maximum atomic E-state index is 12.1. The van der Waals surface area contributed by atoms with Gasteiger partial charge in [-0.25, -0.2) is 4.79 Å². The van der Waals surface area contributed by atoms with Crippen LogP contribution in [-0.2, 0) is 9.59 Å². The van der Waals surface area contributed by atoms with Crippen LogP contribution in [0.3, 0.4) is 0 Å². The van der Waals surface area contributed by atoms with Gasteiger partial charge in [0.25, 0.3) is 0 Å². The van der Waals surface area contributed by atoms with Crippen LogP contribution in [0.4, 0.5) is 0 Å². The van der Waals surface area contributed by atoms with Crippen molar-refractivity contribution in [3.05, 3.63) is 0 Å². The number of rotatable bonds is 4. The summed E-state index contributed by atoms with van der Waals surface area (Å²) < 4.78 is 0. The number of hydrogen-bond acceptors (Lipinski definition) is 4. The standard InChI is InChI=1S/C13H22N2O3S/c16-12(15-10-19-9-11(15)13(17)18)5-8-14-6-3-1-2-4-7-14/h11H,1-10H2,(H,17,18)/t11-/m0/s1. The molecule has 2 rings (SSSR count).